The summed E-state index contributed by atoms with van der Waals surface area (Å²) in [5, 5.41) is 0. The van der Waals surface area contributed by atoms with Crippen molar-refractivity contribution in [3.05, 3.63) is 24.3 Å². The first-order chi connectivity index (χ1) is 5.34. The van der Waals surface area contributed by atoms with E-state index in [2.05, 4.69) is 15.0 Å². The van der Waals surface area contributed by atoms with Gasteiger partial charge in [0.1, 0.15) is 6.33 Å². The zero-order valence-corrected chi connectivity index (χ0v) is 5.39. The molecule has 1 aromatic rings. The van der Waals surface area contributed by atoms with E-state index in [-0.39, 0.29) is 5.56 Å². The average molecular weight is 149 g/mol. The predicted octanol–water partition coefficient (Wildman–Crippen LogP) is -0.0474. The van der Waals surface area contributed by atoms with Gasteiger partial charge in [-0.2, -0.15) is 0 Å². The van der Waals surface area contributed by atoms with Crippen LogP contribution in [-0.2, 0) is 4.79 Å². The predicted molar refractivity (Wildman–Crippen MR) is 34.5 cm³/mol. The van der Waals surface area contributed by atoms with Gasteiger partial charge in [0.2, 0.25) is 6.08 Å². The van der Waals surface area contributed by atoms with Crippen LogP contribution in [0.25, 0.3) is 0 Å². The second kappa shape index (κ2) is 3.34. The molecular formula is C6H3N3O2. The number of hydrogen-bond donors (Lipinski definition) is 0. The Kier molecular flexibility index (Phi) is 2.20. The maximum absolute atomic E-state index is 10.7. The molecule has 5 heteroatoms. The van der Waals surface area contributed by atoms with E-state index in [1.54, 1.807) is 0 Å². The fourth-order valence-electron chi connectivity index (χ4n) is 0.516. The van der Waals surface area contributed by atoms with Gasteiger partial charge in [-0.3, -0.25) is 4.79 Å². The lowest BCUT2D eigenvalue weighted by Gasteiger charge is -1.87. The largest absolute Gasteiger partial charge is 0.290 e. The number of nitrogens with zero attached hydrogens (tertiary/aromatic N) is 3. The molecule has 11 heavy (non-hydrogen) atoms. The van der Waals surface area contributed by atoms with E-state index in [0.29, 0.717) is 0 Å². The lowest BCUT2D eigenvalue weighted by Crippen LogP contribution is -1.95. The lowest BCUT2D eigenvalue weighted by atomic mass is 10.3. The molecule has 0 radical (unpaired) electrons. The summed E-state index contributed by atoms with van der Waals surface area (Å²) < 4.78 is 0. The van der Waals surface area contributed by atoms with Crippen molar-refractivity contribution in [3.63, 3.8) is 0 Å². The van der Waals surface area contributed by atoms with Crippen molar-refractivity contribution in [1.82, 2.24) is 9.97 Å². The van der Waals surface area contributed by atoms with Crippen LogP contribution in [0.3, 0.4) is 0 Å². The van der Waals surface area contributed by atoms with E-state index in [4.69, 9.17) is 0 Å². The Hall–Kier alpha value is -1.87. The van der Waals surface area contributed by atoms with Crippen LogP contribution in [0.1, 0.15) is 10.4 Å². The third-order valence-corrected chi connectivity index (χ3v) is 0.955. The third kappa shape index (κ3) is 1.77. The quantitative estimate of drug-likeness (QED) is 0.414. The first-order valence-electron chi connectivity index (χ1n) is 2.72. The van der Waals surface area contributed by atoms with Gasteiger partial charge < -0.3 is 0 Å². The van der Waals surface area contributed by atoms with Crippen molar-refractivity contribution in [1.29, 1.82) is 0 Å². The molecule has 1 amide bonds. The Balaban J connectivity index is 2.94. The monoisotopic (exact) mass is 149 g/mol. The zero-order chi connectivity index (χ0) is 8.10. The van der Waals surface area contributed by atoms with E-state index in [9.17, 15) is 9.59 Å². The number of rotatable bonds is 1. The van der Waals surface area contributed by atoms with Gasteiger partial charge in [-0.15, -0.1) is 4.99 Å². The van der Waals surface area contributed by atoms with Crippen LogP contribution in [0.15, 0.2) is 23.7 Å². The molecule has 0 N–H and O–H groups in total. The number of aliphatic imine (C=N–C) groups is 1. The minimum Gasteiger partial charge on any atom is -0.266 e. The van der Waals surface area contributed by atoms with Crippen molar-refractivity contribution in [2.24, 2.45) is 4.99 Å². The molecule has 0 aliphatic carbocycles. The number of isocyanates is 1. The summed E-state index contributed by atoms with van der Waals surface area (Å²) in [6.45, 7) is 0. The molecule has 0 aliphatic rings. The van der Waals surface area contributed by atoms with Crippen molar-refractivity contribution in [3.8, 4) is 0 Å². The summed E-state index contributed by atoms with van der Waals surface area (Å²) in [4.78, 5) is 30.4. The molecule has 1 aromatic heterocycles. The van der Waals surface area contributed by atoms with Gasteiger partial charge in [0.15, 0.2) is 0 Å². The maximum atomic E-state index is 10.7. The molecule has 54 valence electrons. The zero-order valence-electron chi connectivity index (χ0n) is 5.39. The Morgan fingerprint density at radius 1 is 1.45 bits per heavy atom. The van der Waals surface area contributed by atoms with E-state index in [1.807, 2.05) is 0 Å². The number of amides is 1. The average Bonchev–Trinajstić information content (AvgIpc) is 2.07. The minimum atomic E-state index is -0.680. The van der Waals surface area contributed by atoms with Crippen molar-refractivity contribution in [2.45, 2.75) is 0 Å². The normalized spacial score (nSPS) is 8.36. The Morgan fingerprint density at radius 2 is 2.09 bits per heavy atom. The molecule has 0 atom stereocenters. The fraction of sp³-hybridized carbons (Fsp3) is 0. The van der Waals surface area contributed by atoms with E-state index in [0.717, 1.165) is 6.08 Å². The van der Waals surface area contributed by atoms with Gasteiger partial charge in [0.25, 0.3) is 5.91 Å². The number of carbonyl (C=O) groups excluding carboxylic acids is 2. The van der Waals surface area contributed by atoms with Gasteiger partial charge in [0, 0.05) is 12.4 Å². The van der Waals surface area contributed by atoms with Crippen LogP contribution < -0.4 is 0 Å². The van der Waals surface area contributed by atoms with E-state index in [1.165, 1.54) is 18.7 Å². The highest BCUT2D eigenvalue weighted by atomic mass is 16.2. The highest BCUT2D eigenvalue weighted by Gasteiger charge is 2.01. The highest BCUT2D eigenvalue weighted by molar-refractivity contribution is 5.96. The summed E-state index contributed by atoms with van der Waals surface area (Å²) in [6.07, 6.45) is 4.96. The summed E-state index contributed by atoms with van der Waals surface area (Å²) in [5.41, 5.74) is 0.177. The third-order valence-electron chi connectivity index (χ3n) is 0.955. The Bertz CT molecular complexity index is 303. The smallest absolute Gasteiger partial charge is 0.266 e. The van der Waals surface area contributed by atoms with E-state index < -0.39 is 5.91 Å². The summed E-state index contributed by atoms with van der Waals surface area (Å²) >= 11 is 0. The van der Waals surface area contributed by atoms with Crippen LogP contribution in [0.5, 0.6) is 0 Å². The molecule has 0 bridgehead atoms. The SMILES string of the molecule is O=C=NC(=O)c1cncnc1. The van der Waals surface area contributed by atoms with Crippen LogP contribution >= 0.6 is 0 Å². The van der Waals surface area contributed by atoms with Crippen LogP contribution in [0, 0.1) is 0 Å². The Morgan fingerprint density at radius 3 is 2.64 bits per heavy atom. The highest BCUT2D eigenvalue weighted by Crippen LogP contribution is 1.94. The maximum Gasteiger partial charge on any atom is 0.290 e. The first-order valence-corrected chi connectivity index (χ1v) is 2.72. The number of carbonyl (C=O) groups is 1. The summed E-state index contributed by atoms with van der Waals surface area (Å²) in [5.74, 6) is -0.680. The molecular weight excluding hydrogens is 146 g/mol. The van der Waals surface area contributed by atoms with Gasteiger partial charge in [0.05, 0.1) is 5.56 Å². The van der Waals surface area contributed by atoms with Crippen LogP contribution in [0.2, 0.25) is 0 Å². The molecule has 0 aliphatic heterocycles. The van der Waals surface area contributed by atoms with Gasteiger partial charge >= 0.3 is 0 Å². The van der Waals surface area contributed by atoms with Crippen molar-refractivity contribution < 1.29 is 9.59 Å². The van der Waals surface area contributed by atoms with Gasteiger partial charge in [-0.05, 0) is 0 Å². The topological polar surface area (TPSA) is 72.3 Å². The van der Waals surface area contributed by atoms with E-state index >= 15 is 0 Å². The summed E-state index contributed by atoms with van der Waals surface area (Å²) in [7, 11) is 0. The molecule has 1 heterocycles. The minimum absolute atomic E-state index is 0.177. The number of hydrogen-bond acceptors (Lipinski definition) is 4. The second-order valence-electron chi connectivity index (χ2n) is 1.64. The van der Waals surface area contributed by atoms with Crippen molar-refractivity contribution >= 4 is 12.0 Å². The second-order valence-corrected chi connectivity index (χ2v) is 1.64. The molecule has 1 rings (SSSR count). The van der Waals surface area contributed by atoms with Crippen LogP contribution in [0.4, 0.5) is 0 Å². The molecule has 0 fully saturated rings. The lowest BCUT2D eigenvalue weighted by molar-refractivity contribution is 0.100. The molecule has 0 saturated heterocycles. The molecule has 5 nitrogen and oxygen atoms in total. The molecule has 0 saturated carbocycles. The summed E-state index contributed by atoms with van der Waals surface area (Å²) in [6, 6.07) is 0. The van der Waals surface area contributed by atoms with Gasteiger partial charge in [-0.25, -0.2) is 14.8 Å². The standard InChI is InChI=1S/C6H3N3O2/c10-4-9-6(11)5-1-7-3-8-2-5/h1-3H. The first kappa shape index (κ1) is 7.24. The van der Waals surface area contributed by atoms with Crippen molar-refractivity contribution in [2.75, 3.05) is 0 Å². The van der Waals surface area contributed by atoms with Gasteiger partial charge in [-0.1, -0.05) is 0 Å². The Labute approximate surface area is 61.8 Å². The number of aromatic nitrogens is 2. The fourth-order valence-corrected chi connectivity index (χ4v) is 0.516. The molecule has 0 unspecified atom stereocenters. The molecule has 0 aromatic carbocycles. The molecule has 0 spiro atoms. The van der Waals surface area contributed by atoms with Crippen LogP contribution in [-0.4, -0.2) is 22.0 Å².